The van der Waals surface area contributed by atoms with Crippen LogP contribution < -0.4 is 5.32 Å². The van der Waals surface area contributed by atoms with E-state index < -0.39 is 112 Å². The number of alkyl halides is 1. The summed E-state index contributed by atoms with van der Waals surface area (Å²) in [4.78, 5) is 79.4. The average molecular weight is 660 g/mol. The highest BCUT2D eigenvalue weighted by molar-refractivity contribution is 6.01. The molecule has 0 radical (unpaired) electrons. The molecule has 3 saturated carbocycles. The van der Waals surface area contributed by atoms with Gasteiger partial charge < -0.3 is 35.3 Å². The molecule has 4 rings (SSSR count). The van der Waals surface area contributed by atoms with Crippen molar-refractivity contribution in [2.45, 2.75) is 75.2 Å². The molecule has 0 aromatic carbocycles. The van der Waals surface area contributed by atoms with Gasteiger partial charge in [-0.25, -0.2) is 9.18 Å². The van der Waals surface area contributed by atoms with Crippen molar-refractivity contribution in [3.8, 4) is 0 Å². The molecule has 0 bridgehead atoms. The van der Waals surface area contributed by atoms with Crippen LogP contribution in [0.1, 0.15) is 39.5 Å². The maximum Gasteiger partial charge on any atom is 0.331 e. The second-order valence-electron chi connectivity index (χ2n) is 12.4. The van der Waals surface area contributed by atoms with Gasteiger partial charge in [0.1, 0.15) is 6.61 Å². The highest BCUT2D eigenvalue weighted by Crippen LogP contribution is 2.69. The molecular formula is C27H34FN3O15. The SMILES string of the molecule is C[C@]12C=CC(=O)C=C1CC[C@H]1[C@@H]3C[C@@H](O)[C@](O)(C(=O)COC(=O)C(CO)NC(=O)C(CO[N+](=O)[O-])O[N+](=O)[O-])[C@@]3(C)C[C@H](O)[C@@]12F. The van der Waals surface area contributed by atoms with Crippen LogP contribution in [0.5, 0.6) is 0 Å². The molecule has 0 aliphatic heterocycles. The number of ether oxygens (including phenoxy) is 1. The lowest BCUT2D eigenvalue weighted by Gasteiger charge is -2.62. The summed E-state index contributed by atoms with van der Waals surface area (Å²) in [6.07, 6.45) is -2.06. The largest absolute Gasteiger partial charge is 0.456 e. The van der Waals surface area contributed by atoms with Crippen LogP contribution in [0.3, 0.4) is 0 Å². The predicted molar refractivity (Wildman–Crippen MR) is 144 cm³/mol. The summed E-state index contributed by atoms with van der Waals surface area (Å²) >= 11 is 0. The van der Waals surface area contributed by atoms with Crippen LogP contribution in [0.4, 0.5) is 4.39 Å². The van der Waals surface area contributed by atoms with Crippen LogP contribution in [-0.2, 0) is 33.6 Å². The fourth-order valence-corrected chi connectivity index (χ4v) is 7.91. The lowest BCUT2D eigenvalue weighted by molar-refractivity contribution is -0.786. The number of hydrogen-bond acceptors (Lipinski definition) is 15. The molecule has 0 aromatic rings. The first-order valence-corrected chi connectivity index (χ1v) is 14.3. The third kappa shape index (κ3) is 5.39. The van der Waals surface area contributed by atoms with Gasteiger partial charge in [-0.3, -0.25) is 19.2 Å². The molecule has 10 atom stereocenters. The fourth-order valence-electron chi connectivity index (χ4n) is 7.91. The van der Waals surface area contributed by atoms with Crippen LogP contribution in [0.15, 0.2) is 23.8 Å². The van der Waals surface area contributed by atoms with Crippen LogP contribution in [0.2, 0.25) is 0 Å². The lowest BCUT2D eigenvalue weighted by atomic mass is 9.44. The minimum absolute atomic E-state index is 0.147. The summed E-state index contributed by atoms with van der Waals surface area (Å²) in [5.41, 5.74) is -7.43. The van der Waals surface area contributed by atoms with Crippen molar-refractivity contribution in [2.75, 3.05) is 19.8 Å². The molecule has 1 amide bonds. The normalized spacial score (nSPS) is 37.4. The van der Waals surface area contributed by atoms with Crippen molar-refractivity contribution in [3.63, 3.8) is 0 Å². The number of nitrogens with one attached hydrogen (secondary N) is 1. The van der Waals surface area contributed by atoms with E-state index in [0.29, 0.717) is 12.0 Å². The van der Waals surface area contributed by atoms with E-state index in [1.807, 2.05) is 0 Å². The van der Waals surface area contributed by atoms with Crippen molar-refractivity contribution < 1.29 is 68.6 Å². The van der Waals surface area contributed by atoms with E-state index >= 15 is 4.39 Å². The van der Waals surface area contributed by atoms with Crippen molar-refractivity contribution in [1.82, 2.24) is 5.32 Å². The Labute approximate surface area is 259 Å². The van der Waals surface area contributed by atoms with Gasteiger partial charge in [0.15, 0.2) is 29.7 Å². The average Bonchev–Trinajstić information content (AvgIpc) is 3.18. The van der Waals surface area contributed by atoms with Gasteiger partial charge in [0, 0.05) is 16.7 Å². The number of rotatable bonds is 12. The van der Waals surface area contributed by atoms with E-state index in [4.69, 9.17) is 4.74 Å². The molecule has 4 aliphatic carbocycles. The first-order valence-electron chi connectivity index (χ1n) is 14.3. The molecule has 3 fully saturated rings. The Balaban J connectivity index is 1.49. The maximum atomic E-state index is 17.2. The van der Waals surface area contributed by atoms with Gasteiger partial charge in [-0.15, -0.1) is 20.2 Å². The van der Waals surface area contributed by atoms with Gasteiger partial charge >= 0.3 is 5.97 Å². The number of carbonyl (C=O) groups excluding carboxylic acids is 4. The summed E-state index contributed by atoms with van der Waals surface area (Å²) in [7, 11) is 0. The summed E-state index contributed by atoms with van der Waals surface area (Å²) in [5, 5.41) is 63.8. The van der Waals surface area contributed by atoms with Gasteiger partial charge in [-0.2, -0.15) is 0 Å². The molecular weight excluding hydrogens is 625 g/mol. The van der Waals surface area contributed by atoms with Gasteiger partial charge in [0.05, 0.1) is 18.8 Å². The summed E-state index contributed by atoms with van der Waals surface area (Å²) < 4.78 is 22.1. The Bertz CT molecular complexity index is 1390. The van der Waals surface area contributed by atoms with Crippen LogP contribution in [-0.4, -0.2) is 109 Å². The number of carbonyl (C=O) groups is 4. The summed E-state index contributed by atoms with van der Waals surface area (Å²) in [6.45, 7) is -0.650. The highest BCUT2D eigenvalue weighted by atomic mass is 19.1. The zero-order chi connectivity index (χ0) is 34.4. The summed E-state index contributed by atoms with van der Waals surface area (Å²) in [6, 6.07) is -1.97. The van der Waals surface area contributed by atoms with E-state index in [0.717, 1.165) is 0 Å². The van der Waals surface area contributed by atoms with Gasteiger partial charge in [-0.1, -0.05) is 18.6 Å². The molecule has 254 valence electrons. The number of aliphatic hydroxyl groups excluding tert-OH is 3. The third-order valence-corrected chi connectivity index (χ3v) is 10.3. The minimum Gasteiger partial charge on any atom is -0.456 e. The molecule has 5 N–H and O–H groups in total. The second-order valence-corrected chi connectivity index (χ2v) is 12.4. The Kier molecular flexibility index (Phi) is 9.28. The number of fused-ring (bicyclic) bond motifs is 5. The second kappa shape index (κ2) is 12.3. The predicted octanol–water partition coefficient (Wildman–Crippen LogP) is -1.57. The van der Waals surface area contributed by atoms with Gasteiger partial charge in [-0.05, 0) is 50.7 Å². The number of halogens is 1. The van der Waals surface area contributed by atoms with E-state index in [9.17, 15) is 59.8 Å². The molecule has 19 heteroatoms. The monoisotopic (exact) mass is 659 g/mol. The number of aliphatic hydroxyl groups is 4. The molecule has 4 aliphatic rings. The zero-order valence-corrected chi connectivity index (χ0v) is 24.7. The van der Waals surface area contributed by atoms with Crippen molar-refractivity contribution in [2.24, 2.45) is 22.7 Å². The summed E-state index contributed by atoms with van der Waals surface area (Å²) in [5.74, 6) is -6.30. The number of esters is 1. The number of ketones is 2. The van der Waals surface area contributed by atoms with Crippen LogP contribution >= 0.6 is 0 Å². The maximum absolute atomic E-state index is 17.2. The van der Waals surface area contributed by atoms with Gasteiger partial charge in [0.25, 0.3) is 16.1 Å². The molecule has 18 nitrogen and oxygen atoms in total. The Morgan fingerprint density at radius 1 is 1.15 bits per heavy atom. The minimum atomic E-state index is -2.64. The van der Waals surface area contributed by atoms with E-state index in [-0.39, 0.29) is 18.6 Å². The van der Waals surface area contributed by atoms with Crippen LogP contribution in [0.25, 0.3) is 0 Å². The van der Waals surface area contributed by atoms with E-state index in [1.165, 1.54) is 25.2 Å². The number of Topliss-reactive ketones (excluding diaryl/α,β-unsaturated/α-hetero) is 1. The zero-order valence-electron chi connectivity index (χ0n) is 24.7. The smallest absolute Gasteiger partial charge is 0.331 e. The molecule has 0 spiro atoms. The number of amides is 1. The Morgan fingerprint density at radius 3 is 2.43 bits per heavy atom. The Morgan fingerprint density at radius 2 is 1.83 bits per heavy atom. The van der Waals surface area contributed by atoms with Crippen molar-refractivity contribution in [1.29, 1.82) is 0 Å². The fraction of sp³-hybridized carbons (Fsp3) is 0.704. The molecule has 0 heterocycles. The third-order valence-electron chi connectivity index (χ3n) is 10.3. The standard InChI is InChI=1S/C27H34FN3O15/c1-24-6-5-14(33)7-13(24)3-4-15-16-8-19(34)27(39,25(16,2)9-20(35)26(15,24)28)21(36)12-44-23(38)17(10-32)29-22(37)18(46-31(42)43)11-45-30(40)41/h5-7,15-20,32,34-35,39H,3-4,8-12H2,1-2H3,(H,29,37)/t15-,16-,17?,18?,19+,20-,24-,25-,26-,27-/m0/s1. The topological polar surface area (TPSA) is 275 Å². The van der Waals surface area contributed by atoms with E-state index in [1.54, 1.807) is 12.2 Å². The number of hydrogen-bond donors (Lipinski definition) is 5. The van der Waals surface area contributed by atoms with Crippen molar-refractivity contribution >= 4 is 23.4 Å². The molecule has 0 aromatic heterocycles. The molecule has 0 saturated heterocycles. The number of nitrogens with zero attached hydrogens (tertiary/aromatic N) is 2. The van der Waals surface area contributed by atoms with Crippen molar-refractivity contribution in [3.05, 3.63) is 44.0 Å². The lowest BCUT2D eigenvalue weighted by Crippen LogP contribution is -2.69. The molecule has 2 unspecified atom stereocenters. The molecule has 46 heavy (non-hydrogen) atoms. The van der Waals surface area contributed by atoms with E-state index in [2.05, 4.69) is 9.68 Å². The Hall–Kier alpha value is -4.07. The van der Waals surface area contributed by atoms with Gasteiger partial charge in [0.2, 0.25) is 11.9 Å². The quantitative estimate of drug-likeness (QED) is 0.0899. The first kappa shape index (κ1) is 34.8. The number of allylic oxidation sites excluding steroid dienone is 4. The first-order chi connectivity index (χ1) is 21.4. The highest BCUT2D eigenvalue weighted by Gasteiger charge is 2.76. The van der Waals surface area contributed by atoms with Crippen LogP contribution in [0, 0.1) is 42.9 Å².